The Hall–Kier alpha value is -0.350. The Balaban J connectivity index is 2.64. The van der Waals surface area contributed by atoms with Crippen molar-refractivity contribution in [2.75, 3.05) is 6.54 Å². The summed E-state index contributed by atoms with van der Waals surface area (Å²) >= 11 is 3.54. The molecule has 0 atom stereocenters. The molecule has 1 aromatic rings. The molecule has 74 valence electrons. The van der Waals surface area contributed by atoms with Crippen molar-refractivity contribution in [3.05, 3.63) is 15.9 Å². The lowest BCUT2D eigenvalue weighted by Crippen LogP contribution is -2.02. The lowest BCUT2D eigenvalue weighted by atomic mass is 10.2. The van der Waals surface area contributed by atoms with Crippen LogP contribution in [0.2, 0.25) is 0 Å². The van der Waals surface area contributed by atoms with Crippen LogP contribution in [0.5, 0.6) is 0 Å². The van der Waals surface area contributed by atoms with E-state index < -0.39 is 0 Å². The lowest BCUT2D eigenvalue weighted by Gasteiger charge is -2.01. The second-order valence-corrected chi connectivity index (χ2v) is 4.01. The molecule has 0 radical (unpaired) electrons. The molecule has 0 saturated heterocycles. The van der Waals surface area contributed by atoms with Gasteiger partial charge in [-0.15, -0.1) is 0 Å². The first-order valence-corrected chi connectivity index (χ1v) is 5.34. The van der Waals surface area contributed by atoms with Crippen LogP contribution in [0.3, 0.4) is 0 Å². The molecular weight excluding hydrogens is 230 g/mol. The van der Waals surface area contributed by atoms with Gasteiger partial charge in [-0.1, -0.05) is 0 Å². The van der Waals surface area contributed by atoms with Crippen molar-refractivity contribution in [2.45, 2.75) is 26.2 Å². The van der Waals surface area contributed by atoms with E-state index in [0.717, 1.165) is 36.0 Å². The molecule has 1 heterocycles. The molecule has 0 aliphatic heterocycles. The quantitative estimate of drug-likeness (QED) is 0.823. The molecule has 13 heavy (non-hydrogen) atoms. The number of rotatable bonds is 4. The molecule has 4 heteroatoms. The van der Waals surface area contributed by atoms with Gasteiger partial charge in [0.25, 0.3) is 0 Å². The van der Waals surface area contributed by atoms with Gasteiger partial charge >= 0.3 is 0 Å². The number of hydrogen-bond donors (Lipinski definition) is 1. The van der Waals surface area contributed by atoms with Crippen molar-refractivity contribution < 1.29 is 0 Å². The van der Waals surface area contributed by atoms with Crippen LogP contribution >= 0.6 is 15.9 Å². The van der Waals surface area contributed by atoms with Crippen LogP contribution in [0.25, 0.3) is 0 Å². The summed E-state index contributed by atoms with van der Waals surface area (Å²) in [6.07, 6.45) is 3.26. The summed E-state index contributed by atoms with van der Waals surface area (Å²) < 4.78 is 3.09. The highest BCUT2D eigenvalue weighted by atomic mass is 79.9. The van der Waals surface area contributed by atoms with Gasteiger partial charge in [0.05, 0.1) is 15.9 Å². The fourth-order valence-electron chi connectivity index (χ4n) is 1.39. The van der Waals surface area contributed by atoms with Crippen molar-refractivity contribution in [3.63, 3.8) is 0 Å². The highest BCUT2D eigenvalue weighted by Crippen LogP contribution is 2.21. The van der Waals surface area contributed by atoms with E-state index in [4.69, 9.17) is 5.73 Å². The minimum Gasteiger partial charge on any atom is -0.330 e. The number of aryl methyl sites for hydroxylation is 2. The highest BCUT2D eigenvalue weighted by molar-refractivity contribution is 9.10. The Kier molecular flexibility index (Phi) is 3.93. The van der Waals surface area contributed by atoms with E-state index in [1.54, 1.807) is 0 Å². The smallest absolute Gasteiger partial charge is 0.0738 e. The largest absolute Gasteiger partial charge is 0.330 e. The molecule has 0 aromatic carbocycles. The van der Waals surface area contributed by atoms with E-state index in [9.17, 15) is 0 Å². The number of nitrogens with zero attached hydrogens (tertiary/aromatic N) is 2. The van der Waals surface area contributed by atoms with E-state index >= 15 is 0 Å². The van der Waals surface area contributed by atoms with E-state index in [1.165, 1.54) is 5.69 Å². The van der Waals surface area contributed by atoms with Crippen LogP contribution in [-0.2, 0) is 13.5 Å². The Labute approximate surface area is 87.4 Å². The average molecular weight is 246 g/mol. The van der Waals surface area contributed by atoms with Gasteiger partial charge in [-0.05, 0) is 48.7 Å². The molecule has 0 aliphatic rings. The lowest BCUT2D eigenvalue weighted by molar-refractivity contribution is 0.660. The molecule has 1 aromatic heterocycles. The Morgan fingerprint density at radius 3 is 2.62 bits per heavy atom. The Morgan fingerprint density at radius 2 is 2.15 bits per heavy atom. The maximum atomic E-state index is 5.44. The molecule has 0 aliphatic carbocycles. The van der Waals surface area contributed by atoms with Crippen LogP contribution < -0.4 is 5.73 Å². The van der Waals surface area contributed by atoms with Gasteiger partial charge in [0.2, 0.25) is 0 Å². The summed E-state index contributed by atoms with van der Waals surface area (Å²) in [5, 5.41) is 4.33. The SMILES string of the molecule is Cc1nn(C)c(CCCCN)c1Br. The van der Waals surface area contributed by atoms with E-state index in [0.29, 0.717) is 0 Å². The van der Waals surface area contributed by atoms with E-state index in [2.05, 4.69) is 21.0 Å². The second-order valence-electron chi connectivity index (χ2n) is 3.22. The van der Waals surface area contributed by atoms with E-state index in [-0.39, 0.29) is 0 Å². The first-order chi connectivity index (χ1) is 6.16. The topological polar surface area (TPSA) is 43.8 Å². The zero-order valence-electron chi connectivity index (χ0n) is 8.18. The van der Waals surface area contributed by atoms with Gasteiger partial charge in [0.1, 0.15) is 0 Å². The van der Waals surface area contributed by atoms with Crippen LogP contribution in [0, 0.1) is 6.92 Å². The van der Waals surface area contributed by atoms with Crippen molar-refractivity contribution in [3.8, 4) is 0 Å². The van der Waals surface area contributed by atoms with Gasteiger partial charge in [0, 0.05) is 7.05 Å². The summed E-state index contributed by atoms with van der Waals surface area (Å²) in [5.41, 5.74) is 7.77. The predicted octanol–water partition coefficient (Wildman–Crippen LogP) is 1.77. The molecule has 0 unspecified atom stereocenters. The normalized spacial score (nSPS) is 10.8. The number of nitrogens with two attached hydrogens (primary N) is 1. The third-order valence-corrected chi connectivity index (χ3v) is 3.16. The number of aromatic nitrogens is 2. The number of hydrogen-bond acceptors (Lipinski definition) is 2. The molecule has 0 spiro atoms. The van der Waals surface area contributed by atoms with Gasteiger partial charge in [-0.3, -0.25) is 4.68 Å². The second kappa shape index (κ2) is 4.77. The molecule has 3 nitrogen and oxygen atoms in total. The minimum atomic E-state index is 0.772. The fourth-order valence-corrected chi connectivity index (χ4v) is 1.92. The first kappa shape index (κ1) is 10.7. The predicted molar refractivity (Wildman–Crippen MR) is 57.6 cm³/mol. The summed E-state index contributed by atoms with van der Waals surface area (Å²) in [6, 6.07) is 0. The Morgan fingerprint density at radius 1 is 1.46 bits per heavy atom. The molecule has 0 fully saturated rings. The first-order valence-electron chi connectivity index (χ1n) is 4.55. The maximum absolute atomic E-state index is 5.44. The highest BCUT2D eigenvalue weighted by Gasteiger charge is 2.09. The van der Waals surface area contributed by atoms with Crippen LogP contribution in [0.1, 0.15) is 24.2 Å². The minimum absolute atomic E-state index is 0.772. The molecule has 2 N–H and O–H groups in total. The third kappa shape index (κ3) is 2.54. The third-order valence-electron chi connectivity index (χ3n) is 2.13. The summed E-state index contributed by atoms with van der Waals surface area (Å²) in [7, 11) is 1.98. The molecule has 1 rings (SSSR count). The summed E-state index contributed by atoms with van der Waals surface area (Å²) in [5.74, 6) is 0. The zero-order chi connectivity index (χ0) is 9.84. The van der Waals surface area contributed by atoms with E-state index in [1.807, 2.05) is 18.7 Å². The van der Waals surface area contributed by atoms with Gasteiger partial charge in [-0.25, -0.2) is 0 Å². The van der Waals surface area contributed by atoms with Crippen molar-refractivity contribution in [1.29, 1.82) is 0 Å². The van der Waals surface area contributed by atoms with Gasteiger partial charge in [-0.2, -0.15) is 5.10 Å². The number of unbranched alkanes of at least 4 members (excludes halogenated alkanes) is 1. The Bertz CT molecular complexity index is 281. The van der Waals surface area contributed by atoms with Gasteiger partial charge in [0.15, 0.2) is 0 Å². The van der Waals surface area contributed by atoms with Crippen LogP contribution in [0.4, 0.5) is 0 Å². The van der Waals surface area contributed by atoms with Crippen molar-refractivity contribution in [2.24, 2.45) is 12.8 Å². The fraction of sp³-hybridized carbons (Fsp3) is 0.667. The van der Waals surface area contributed by atoms with Crippen molar-refractivity contribution >= 4 is 15.9 Å². The molecule has 0 bridgehead atoms. The van der Waals surface area contributed by atoms with Crippen molar-refractivity contribution in [1.82, 2.24) is 9.78 Å². The maximum Gasteiger partial charge on any atom is 0.0738 e. The van der Waals surface area contributed by atoms with Crippen LogP contribution in [-0.4, -0.2) is 16.3 Å². The molecule has 0 amide bonds. The summed E-state index contributed by atoms with van der Waals surface area (Å²) in [6.45, 7) is 2.78. The average Bonchev–Trinajstić information content (AvgIpc) is 2.32. The van der Waals surface area contributed by atoms with Crippen LogP contribution in [0.15, 0.2) is 4.47 Å². The standard InChI is InChI=1S/C9H16BrN3/c1-7-9(10)8(13(2)12-7)5-3-4-6-11/h3-6,11H2,1-2H3. The monoisotopic (exact) mass is 245 g/mol. The summed E-state index contributed by atoms with van der Waals surface area (Å²) in [4.78, 5) is 0. The zero-order valence-corrected chi connectivity index (χ0v) is 9.76. The molecule has 0 saturated carbocycles. The molecular formula is C9H16BrN3. The number of halogens is 1. The van der Waals surface area contributed by atoms with Gasteiger partial charge < -0.3 is 5.73 Å².